The van der Waals surface area contributed by atoms with E-state index in [1.807, 2.05) is 72.8 Å². The molecule has 3 N–H and O–H groups in total. The molecule has 0 unspecified atom stereocenters. The Labute approximate surface area is 201 Å². The second kappa shape index (κ2) is 9.29. The molecule has 6 nitrogen and oxygen atoms in total. The molecule has 7 heteroatoms. The number of halogens is 1. The molecule has 5 aromatic rings. The van der Waals surface area contributed by atoms with Crippen LogP contribution in [0.3, 0.4) is 0 Å². The van der Waals surface area contributed by atoms with Crippen LogP contribution < -0.4 is 11.1 Å². The summed E-state index contributed by atoms with van der Waals surface area (Å²) in [6, 6.07) is 29.8. The number of aromatic nitrogens is 1. The summed E-state index contributed by atoms with van der Waals surface area (Å²) < 4.78 is 11.2. The number of benzene rings is 3. The molecular formula is C27H20ClN3O3. The Hall–Kier alpha value is -4.29. The number of nitrogens with one attached hydrogen (secondary N) is 1. The van der Waals surface area contributed by atoms with E-state index in [4.69, 9.17) is 26.3 Å². The van der Waals surface area contributed by atoms with E-state index in [9.17, 15) is 4.79 Å². The highest BCUT2D eigenvalue weighted by atomic mass is 35.5. The first-order valence-corrected chi connectivity index (χ1v) is 11.0. The van der Waals surface area contributed by atoms with E-state index < -0.39 is 11.9 Å². The Morgan fingerprint density at radius 3 is 2.15 bits per heavy atom. The maximum atomic E-state index is 13.4. The van der Waals surface area contributed by atoms with Gasteiger partial charge in [0, 0.05) is 10.6 Å². The zero-order chi connectivity index (χ0) is 23.5. The van der Waals surface area contributed by atoms with Crippen molar-refractivity contribution in [3.63, 3.8) is 0 Å². The molecule has 1 amide bonds. The Bertz CT molecular complexity index is 1390. The molecule has 168 valence electrons. The van der Waals surface area contributed by atoms with Crippen LogP contribution in [0.25, 0.3) is 22.8 Å². The number of carbonyl (C=O) groups is 1. The Morgan fingerprint density at radius 1 is 0.853 bits per heavy atom. The van der Waals surface area contributed by atoms with Crippen LogP contribution in [0.15, 0.2) is 106 Å². The van der Waals surface area contributed by atoms with Gasteiger partial charge in [0.15, 0.2) is 11.5 Å². The second-order valence-corrected chi connectivity index (χ2v) is 8.11. The molecule has 0 saturated heterocycles. The number of nitrogens with two attached hydrogens (primary N) is 1. The second-order valence-electron chi connectivity index (χ2n) is 7.67. The largest absolute Gasteiger partial charge is 0.454 e. The SMILES string of the molecule is Nc1onc(-c2ccc(-c3cccc(Cl)c3)o2)c1C(=O)NC(c1ccccc1)c1ccccc1. The van der Waals surface area contributed by atoms with E-state index in [1.54, 1.807) is 24.3 Å². The number of nitrogens with zero attached hydrogens (tertiary/aromatic N) is 1. The van der Waals surface area contributed by atoms with Gasteiger partial charge in [-0.3, -0.25) is 4.79 Å². The van der Waals surface area contributed by atoms with Crippen LogP contribution in [0.1, 0.15) is 27.5 Å². The lowest BCUT2D eigenvalue weighted by Gasteiger charge is -2.19. The smallest absolute Gasteiger partial charge is 0.260 e. The van der Waals surface area contributed by atoms with Gasteiger partial charge in [0.1, 0.15) is 11.3 Å². The Balaban J connectivity index is 1.48. The van der Waals surface area contributed by atoms with Gasteiger partial charge in [0.25, 0.3) is 5.91 Å². The minimum atomic E-state index is -0.424. The summed E-state index contributed by atoms with van der Waals surface area (Å²) in [7, 11) is 0. The molecule has 0 radical (unpaired) electrons. The molecule has 0 fully saturated rings. The molecule has 0 bridgehead atoms. The van der Waals surface area contributed by atoms with Crippen molar-refractivity contribution in [2.24, 2.45) is 0 Å². The van der Waals surface area contributed by atoms with Crippen molar-refractivity contribution < 1.29 is 13.7 Å². The fourth-order valence-corrected chi connectivity index (χ4v) is 4.00. The Kier molecular flexibility index (Phi) is 5.89. The van der Waals surface area contributed by atoms with Gasteiger partial charge in [-0.15, -0.1) is 0 Å². The van der Waals surface area contributed by atoms with Crippen molar-refractivity contribution >= 4 is 23.4 Å². The van der Waals surface area contributed by atoms with E-state index in [0.717, 1.165) is 16.7 Å². The standard InChI is InChI=1S/C27H20ClN3O3/c28-20-13-7-12-19(16-20)21-14-15-22(33-21)25-23(26(29)34-31-25)27(32)30-24(17-8-3-1-4-9-17)18-10-5-2-6-11-18/h1-16,24H,29H2,(H,30,32). The van der Waals surface area contributed by atoms with Gasteiger partial charge in [-0.2, -0.15) is 0 Å². The zero-order valence-corrected chi connectivity index (χ0v) is 18.7. The third-order valence-corrected chi connectivity index (χ3v) is 5.67. The molecule has 0 aliphatic carbocycles. The zero-order valence-electron chi connectivity index (χ0n) is 17.9. The summed E-state index contributed by atoms with van der Waals surface area (Å²) in [6.45, 7) is 0. The van der Waals surface area contributed by atoms with Crippen LogP contribution in [0, 0.1) is 0 Å². The number of nitrogen functional groups attached to an aromatic ring is 1. The van der Waals surface area contributed by atoms with Gasteiger partial charge in [0.2, 0.25) is 5.88 Å². The van der Waals surface area contributed by atoms with Crippen molar-refractivity contribution in [1.29, 1.82) is 0 Å². The lowest BCUT2D eigenvalue weighted by Crippen LogP contribution is -2.30. The molecule has 34 heavy (non-hydrogen) atoms. The molecule has 0 saturated carbocycles. The summed E-state index contributed by atoms with van der Waals surface area (Å²) in [5.74, 6) is 0.425. The molecule has 0 aliphatic heterocycles. The minimum absolute atomic E-state index is 0.0897. The molecule has 0 spiro atoms. The molecule has 0 atom stereocenters. The van der Waals surface area contributed by atoms with Crippen LogP contribution in [0.5, 0.6) is 0 Å². The minimum Gasteiger partial charge on any atom is -0.454 e. The van der Waals surface area contributed by atoms with E-state index in [-0.39, 0.29) is 17.1 Å². The topological polar surface area (TPSA) is 94.3 Å². The highest BCUT2D eigenvalue weighted by Crippen LogP contribution is 2.33. The van der Waals surface area contributed by atoms with E-state index >= 15 is 0 Å². The highest BCUT2D eigenvalue weighted by molar-refractivity contribution is 6.30. The van der Waals surface area contributed by atoms with Crippen molar-refractivity contribution in [2.75, 3.05) is 5.73 Å². The predicted molar refractivity (Wildman–Crippen MR) is 131 cm³/mol. The van der Waals surface area contributed by atoms with Crippen molar-refractivity contribution in [3.8, 4) is 22.8 Å². The van der Waals surface area contributed by atoms with Crippen LogP contribution in [0.2, 0.25) is 5.02 Å². The van der Waals surface area contributed by atoms with Gasteiger partial charge >= 0.3 is 0 Å². The first-order chi connectivity index (χ1) is 16.6. The fourth-order valence-electron chi connectivity index (χ4n) is 3.81. The van der Waals surface area contributed by atoms with Gasteiger partial charge in [-0.25, -0.2) is 0 Å². The van der Waals surface area contributed by atoms with Crippen molar-refractivity contribution in [1.82, 2.24) is 10.5 Å². The summed E-state index contributed by atoms with van der Waals surface area (Å²) in [5.41, 5.74) is 9.02. The average Bonchev–Trinajstić information content (AvgIpc) is 3.50. The number of rotatable bonds is 6. The summed E-state index contributed by atoms with van der Waals surface area (Å²) in [6.07, 6.45) is 0. The fraction of sp³-hybridized carbons (Fsp3) is 0.0370. The number of carbonyl (C=O) groups excluding carboxylic acids is 1. The van der Waals surface area contributed by atoms with E-state index in [1.165, 1.54) is 0 Å². The number of hydrogen-bond donors (Lipinski definition) is 2. The molecule has 2 aromatic heterocycles. The maximum absolute atomic E-state index is 13.4. The van der Waals surface area contributed by atoms with Crippen LogP contribution in [-0.4, -0.2) is 11.1 Å². The molecule has 0 aliphatic rings. The van der Waals surface area contributed by atoms with Crippen molar-refractivity contribution in [3.05, 3.63) is 119 Å². The Morgan fingerprint density at radius 2 is 1.50 bits per heavy atom. The molecule has 2 heterocycles. The molecular weight excluding hydrogens is 450 g/mol. The molecule has 5 rings (SSSR count). The summed E-state index contributed by atoms with van der Waals surface area (Å²) in [4.78, 5) is 13.4. The number of hydrogen-bond acceptors (Lipinski definition) is 5. The average molecular weight is 470 g/mol. The first-order valence-electron chi connectivity index (χ1n) is 10.6. The predicted octanol–water partition coefficient (Wildman–Crippen LogP) is 6.36. The number of amides is 1. The van der Waals surface area contributed by atoms with Gasteiger partial charge in [-0.05, 0) is 35.4 Å². The van der Waals surface area contributed by atoms with Gasteiger partial charge in [0.05, 0.1) is 6.04 Å². The normalized spacial score (nSPS) is 11.0. The van der Waals surface area contributed by atoms with E-state index in [2.05, 4.69) is 10.5 Å². The third-order valence-electron chi connectivity index (χ3n) is 5.44. The first kappa shape index (κ1) is 21.6. The number of anilines is 1. The summed E-state index contributed by atoms with van der Waals surface area (Å²) >= 11 is 6.10. The van der Waals surface area contributed by atoms with Gasteiger partial charge < -0.3 is 20.0 Å². The summed E-state index contributed by atoms with van der Waals surface area (Å²) in [5, 5.41) is 7.67. The third kappa shape index (κ3) is 4.31. The molecule has 3 aromatic carbocycles. The van der Waals surface area contributed by atoms with Crippen LogP contribution >= 0.6 is 11.6 Å². The maximum Gasteiger partial charge on any atom is 0.260 e. The van der Waals surface area contributed by atoms with Gasteiger partial charge in [-0.1, -0.05) is 89.6 Å². The van der Waals surface area contributed by atoms with E-state index in [0.29, 0.717) is 16.5 Å². The van der Waals surface area contributed by atoms with Crippen LogP contribution in [0.4, 0.5) is 5.88 Å². The van der Waals surface area contributed by atoms with Crippen LogP contribution in [-0.2, 0) is 0 Å². The van der Waals surface area contributed by atoms with Crippen molar-refractivity contribution in [2.45, 2.75) is 6.04 Å². The lowest BCUT2D eigenvalue weighted by atomic mass is 9.98. The monoisotopic (exact) mass is 469 g/mol. The highest BCUT2D eigenvalue weighted by Gasteiger charge is 2.27. The lowest BCUT2D eigenvalue weighted by molar-refractivity contribution is 0.0944. The quantitative estimate of drug-likeness (QED) is 0.302. The number of furan rings is 1.